The molecule has 0 saturated carbocycles. The second-order valence-corrected chi connectivity index (χ2v) is 3.65. The fraction of sp³-hybridized carbons (Fsp3) is 0.273. The van der Waals surface area contributed by atoms with E-state index < -0.39 is 5.97 Å². The lowest BCUT2D eigenvalue weighted by Crippen LogP contribution is -2.11. The molecule has 0 aliphatic carbocycles. The number of aromatic nitrogens is 1. The second kappa shape index (κ2) is 4.84. The lowest BCUT2D eigenvalue weighted by molar-refractivity contribution is 0.0696. The Hall–Kier alpha value is -2.08. The normalized spacial score (nSPS) is 10.6. The first kappa shape index (κ1) is 11.4. The van der Waals surface area contributed by atoms with Gasteiger partial charge in [-0.3, -0.25) is 0 Å². The number of nitrogens with one attached hydrogen (secondary N) is 1. The van der Waals surface area contributed by atoms with Crippen LogP contribution in [0.25, 0.3) is 0 Å². The van der Waals surface area contributed by atoms with Gasteiger partial charge in [0.2, 0.25) is 0 Å². The van der Waals surface area contributed by atoms with Crippen molar-refractivity contribution in [3.63, 3.8) is 0 Å². The van der Waals surface area contributed by atoms with Crippen molar-refractivity contribution in [2.24, 2.45) is 0 Å². The molecule has 0 fully saturated rings. The molecule has 2 aromatic rings. The van der Waals surface area contributed by atoms with Gasteiger partial charge in [0.15, 0.2) is 5.76 Å². The van der Waals surface area contributed by atoms with Crippen molar-refractivity contribution in [3.05, 3.63) is 41.2 Å². The summed E-state index contributed by atoms with van der Waals surface area (Å²) in [5.74, 6) is 0.303. The molecular formula is C11H12N2O4. The molecule has 0 aliphatic rings. The van der Waals surface area contributed by atoms with Gasteiger partial charge in [0.05, 0.1) is 24.3 Å². The van der Waals surface area contributed by atoms with E-state index in [1.165, 1.54) is 12.3 Å². The molecule has 2 N–H and O–H groups in total. The summed E-state index contributed by atoms with van der Waals surface area (Å²) in [6.07, 6.45) is 1.22. The van der Waals surface area contributed by atoms with Crippen LogP contribution in [0.2, 0.25) is 0 Å². The van der Waals surface area contributed by atoms with Crippen LogP contribution in [0.15, 0.2) is 27.3 Å². The minimum Gasteiger partial charge on any atom is -0.478 e. The number of aromatic carboxylic acids is 1. The van der Waals surface area contributed by atoms with E-state index in [2.05, 4.69) is 10.5 Å². The van der Waals surface area contributed by atoms with Gasteiger partial charge in [-0.15, -0.1) is 0 Å². The Labute approximate surface area is 97.2 Å². The van der Waals surface area contributed by atoms with Crippen molar-refractivity contribution >= 4 is 5.97 Å². The first-order chi connectivity index (χ1) is 8.15. The summed E-state index contributed by atoms with van der Waals surface area (Å²) < 4.78 is 10.1. The Kier molecular flexibility index (Phi) is 3.24. The molecule has 0 aliphatic heterocycles. The summed E-state index contributed by atoms with van der Waals surface area (Å²) in [5, 5.41) is 15.5. The summed E-state index contributed by atoms with van der Waals surface area (Å²) in [6.45, 7) is 2.80. The maximum Gasteiger partial charge on any atom is 0.338 e. The quantitative estimate of drug-likeness (QED) is 0.819. The highest BCUT2D eigenvalue weighted by Crippen LogP contribution is 2.08. The molecule has 17 heavy (non-hydrogen) atoms. The van der Waals surface area contributed by atoms with E-state index >= 15 is 0 Å². The third-order valence-corrected chi connectivity index (χ3v) is 2.18. The van der Waals surface area contributed by atoms with Gasteiger partial charge in [-0.05, 0) is 13.0 Å². The smallest absolute Gasteiger partial charge is 0.338 e. The fourth-order valence-corrected chi connectivity index (χ4v) is 1.39. The fourth-order valence-electron chi connectivity index (χ4n) is 1.39. The van der Waals surface area contributed by atoms with Crippen LogP contribution in [0.3, 0.4) is 0 Å². The molecule has 0 saturated heterocycles. The van der Waals surface area contributed by atoms with Crippen molar-refractivity contribution < 1.29 is 18.8 Å². The molecule has 2 heterocycles. The van der Waals surface area contributed by atoms with Crippen LogP contribution >= 0.6 is 0 Å². The minimum atomic E-state index is -0.995. The van der Waals surface area contributed by atoms with E-state index in [4.69, 9.17) is 14.0 Å². The van der Waals surface area contributed by atoms with E-state index in [0.29, 0.717) is 18.8 Å². The van der Waals surface area contributed by atoms with Crippen molar-refractivity contribution in [3.8, 4) is 0 Å². The molecule has 0 radical (unpaired) electrons. The third kappa shape index (κ3) is 2.94. The molecule has 0 amide bonds. The molecule has 6 nitrogen and oxygen atoms in total. The number of aryl methyl sites for hydroxylation is 1. The zero-order valence-corrected chi connectivity index (χ0v) is 9.27. The van der Waals surface area contributed by atoms with Crippen molar-refractivity contribution in [1.82, 2.24) is 10.5 Å². The number of hydrogen-bond acceptors (Lipinski definition) is 5. The van der Waals surface area contributed by atoms with Crippen molar-refractivity contribution in [2.45, 2.75) is 20.0 Å². The lowest BCUT2D eigenvalue weighted by atomic mass is 10.3. The van der Waals surface area contributed by atoms with Gasteiger partial charge in [0, 0.05) is 6.07 Å². The van der Waals surface area contributed by atoms with Crippen LogP contribution in [0.5, 0.6) is 0 Å². The number of nitrogens with zero attached hydrogens (tertiary/aromatic N) is 1. The van der Waals surface area contributed by atoms with Gasteiger partial charge < -0.3 is 19.4 Å². The predicted octanol–water partition coefficient (Wildman–Crippen LogP) is 1.56. The average Bonchev–Trinajstić information content (AvgIpc) is 2.88. The number of carboxylic acid groups (broad SMARTS) is 1. The molecule has 90 valence electrons. The van der Waals surface area contributed by atoms with Gasteiger partial charge in [0.25, 0.3) is 0 Å². The second-order valence-electron chi connectivity index (χ2n) is 3.65. The Morgan fingerprint density at radius 2 is 2.18 bits per heavy atom. The summed E-state index contributed by atoms with van der Waals surface area (Å²) in [5.41, 5.74) is 0.977. The number of carbonyl (C=O) groups is 1. The Balaban J connectivity index is 1.83. The Morgan fingerprint density at radius 3 is 2.76 bits per heavy atom. The van der Waals surface area contributed by atoms with Crippen LogP contribution in [0, 0.1) is 6.92 Å². The Morgan fingerprint density at radius 1 is 1.41 bits per heavy atom. The molecule has 6 heteroatoms. The highest BCUT2D eigenvalue weighted by molar-refractivity contribution is 5.87. The van der Waals surface area contributed by atoms with E-state index in [1.807, 2.05) is 13.0 Å². The highest BCUT2D eigenvalue weighted by Gasteiger charge is 2.08. The van der Waals surface area contributed by atoms with Crippen molar-refractivity contribution in [2.75, 3.05) is 0 Å². The maximum atomic E-state index is 10.6. The SMILES string of the molecule is Cc1cc(CNCc2cc(C(=O)O)co2)on1. The van der Waals surface area contributed by atoms with E-state index in [1.54, 1.807) is 0 Å². The monoisotopic (exact) mass is 236 g/mol. The molecule has 0 unspecified atom stereocenters. The number of carboxylic acids is 1. The minimum absolute atomic E-state index is 0.150. The topological polar surface area (TPSA) is 88.5 Å². The van der Waals surface area contributed by atoms with E-state index in [9.17, 15) is 4.79 Å². The number of hydrogen-bond donors (Lipinski definition) is 2. The molecule has 0 atom stereocenters. The van der Waals surface area contributed by atoms with E-state index in [-0.39, 0.29) is 5.56 Å². The molecule has 0 spiro atoms. The predicted molar refractivity (Wildman–Crippen MR) is 57.5 cm³/mol. The number of rotatable bonds is 5. The van der Waals surface area contributed by atoms with Crippen LogP contribution in [-0.2, 0) is 13.1 Å². The first-order valence-electron chi connectivity index (χ1n) is 5.09. The first-order valence-corrected chi connectivity index (χ1v) is 5.09. The summed E-state index contributed by atoms with van der Waals surface area (Å²) >= 11 is 0. The van der Waals surface area contributed by atoms with Gasteiger partial charge in [-0.2, -0.15) is 0 Å². The molecule has 0 bridgehead atoms. The van der Waals surface area contributed by atoms with Crippen LogP contribution in [0.1, 0.15) is 27.6 Å². The summed E-state index contributed by atoms with van der Waals surface area (Å²) in [7, 11) is 0. The molecule has 2 rings (SSSR count). The maximum absolute atomic E-state index is 10.6. The molecular weight excluding hydrogens is 224 g/mol. The highest BCUT2D eigenvalue weighted by atomic mass is 16.5. The average molecular weight is 236 g/mol. The zero-order valence-electron chi connectivity index (χ0n) is 9.27. The lowest BCUT2D eigenvalue weighted by Gasteiger charge is -1.97. The van der Waals surface area contributed by atoms with Gasteiger partial charge in [0.1, 0.15) is 12.0 Å². The standard InChI is InChI=1S/C11H12N2O4/c1-7-2-10(17-13-7)5-12-4-9-3-8(6-16-9)11(14)15/h2-3,6,12H,4-5H2,1H3,(H,14,15). The van der Waals surface area contributed by atoms with E-state index in [0.717, 1.165) is 11.5 Å². The van der Waals surface area contributed by atoms with Crippen LogP contribution in [-0.4, -0.2) is 16.2 Å². The molecule has 0 aromatic carbocycles. The van der Waals surface area contributed by atoms with Crippen LogP contribution in [0.4, 0.5) is 0 Å². The zero-order chi connectivity index (χ0) is 12.3. The number of furan rings is 1. The largest absolute Gasteiger partial charge is 0.478 e. The summed E-state index contributed by atoms with van der Waals surface area (Å²) in [6, 6.07) is 3.32. The molecule has 2 aromatic heterocycles. The van der Waals surface area contributed by atoms with Gasteiger partial charge >= 0.3 is 5.97 Å². The van der Waals surface area contributed by atoms with Gasteiger partial charge in [-0.1, -0.05) is 5.16 Å². The third-order valence-electron chi connectivity index (χ3n) is 2.18. The van der Waals surface area contributed by atoms with Crippen LogP contribution < -0.4 is 5.32 Å². The van der Waals surface area contributed by atoms with Gasteiger partial charge in [-0.25, -0.2) is 4.79 Å². The Bertz CT molecular complexity index is 515. The summed E-state index contributed by atoms with van der Waals surface area (Å²) in [4.78, 5) is 10.6. The van der Waals surface area contributed by atoms with Crippen molar-refractivity contribution in [1.29, 1.82) is 0 Å².